The highest BCUT2D eigenvalue weighted by molar-refractivity contribution is 5.81. The molecule has 20 heavy (non-hydrogen) atoms. The van der Waals surface area contributed by atoms with Gasteiger partial charge in [-0.1, -0.05) is 0 Å². The molecule has 0 radical (unpaired) electrons. The van der Waals surface area contributed by atoms with Gasteiger partial charge < -0.3 is 14.8 Å². The second kappa shape index (κ2) is 5.15. The number of rotatable bonds is 2. The molecule has 1 aromatic rings. The molecule has 1 atom stereocenters. The molecule has 0 unspecified atom stereocenters. The van der Waals surface area contributed by atoms with Crippen molar-refractivity contribution < 1.29 is 19.4 Å². The quantitative estimate of drug-likeness (QED) is 0.850. The Morgan fingerprint density at radius 3 is 2.85 bits per heavy atom. The Bertz CT molecular complexity index is 521. The number of aromatic amines is 1. The molecule has 2 aliphatic rings. The van der Waals surface area contributed by atoms with E-state index in [1.54, 1.807) is 0 Å². The normalized spacial score (nSPS) is 22.6. The first kappa shape index (κ1) is 13.0. The molecule has 0 aromatic carbocycles. The van der Waals surface area contributed by atoms with E-state index in [9.17, 15) is 14.7 Å². The van der Waals surface area contributed by atoms with Crippen LogP contribution in [0.2, 0.25) is 0 Å². The Hall–Kier alpha value is -2.05. The zero-order valence-electron chi connectivity index (χ0n) is 11.0. The SMILES string of the molecule is O=C(O)[C@H]1Cc2nc[nH]c2CN1C(=O)OC1CCCC1. The van der Waals surface area contributed by atoms with Crippen molar-refractivity contribution >= 4 is 12.1 Å². The number of ether oxygens (including phenoxy) is 1. The van der Waals surface area contributed by atoms with Crippen molar-refractivity contribution in [3.63, 3.8) is 0 Å². The Morgan fingerprint density at radius 2 is 2.15 bits per heavy atom. The molecule has 108 valence electrons. The van der Waals surface area contributed by atoms with Crippen LogP contribution in [0.25, 0.3) is 0 Å². The first-order chi connectivity index (χ1) is 9.65. The lowest BCUT2D eigenvalue weighted by atomic mass is 10.0. The summed E-state index contributed by atoms with van der Waals surface area (Å²) >= 11 is 0. The van der Waals surface area contributed by atoms with Gasteiger partial charge in [0.1, 0.15) is 12.1 Å². The molecule has 3 rings (SSSR count). The van der Waals surface area contributed by atoms with Crippen molar-refractivity contribution in [3.8, 4) is 0 Å². The molecule has 0 spiro atoms. The van der Waals surface area contributed by atoms with E-state index in [0.29, 0.717) is 5.69 Å². The van der Waals surface area contributed by atoms with Crippen LogP contribution < -0.4 is 0 Å². The van der Waals surface area contributed by atoms with E-state index in [0.717, 1.165) is 31.4 Å². The summed E-state index contributed by atoms with van der Waals surface area (Å²) in [7, 11) is 0. The van der Waals surface area contributed by atoms with Gasteiger partial charge in [-0.15, -0.1) is 0 Å². The summed E-state index contributed by atoms with van der Waals surface area (Å²) in [5.74, 6) is -1.03. The summed E-state index contributed by atoms with van der Waals surface area (Å²) in [6.45, 7) is 0.206. The van der Waals surface area contributed by atoms with Crippen molar-refractivity contribution in [2.75, 3.05) is 0 Å². The molecule has 1 amide bonds. The number of H-pyrrole nitrogens is 1. The minimum atomic E-state index is -1.03. The van der Waals surface area contributed by atoms with E-state index < -0.39 is 18.1 Å². The summed E-state index contributed by atoms with van der Waals surface area (Å²) in [5, 5.41) is 9.29. The van der Waals surface area contributed by atoms with Gasteiger partial charge in [-0.25, -0.2) is 14.6 Å². The van der Waals surface area contributed by atoms with Crippen LogP contribution in [-0.2, 0) is 22.5 Å². The van der Waals surface area contributed by atoms with Crippen LogP contribution in [0.5, 0.6) is 0 Å². The monoisotopic (exact) mass is 279 g/mol. The predicted octanol–water partition coefficient (Wildman–Crippen LogP) is 1.30. The average molecular weight is 279 g/mol. The van der Waals surface area contributed by atoms with Crippen LogP contribution >= 0.6 is 0 Å². The van der Waals surface area contributed by atoms with Gasteiger partial charge in [-0.2, -0.15) is 0 Å². The summed E-state index contributed by atoms with van der Waals surface area (Å²) in [4.78, 5) is 31.9. The number of fused-ring (bicyclic) bond motifs is 1. The summed E-state index contributed by atoms with van der Waals surface area (Å²) in [6, 6.07) is -0.903. The predicted molar refractivity (Wildman–Crippen MR) is 68.0 cm³/mol. The van der Waals surface area contributed by atoms with E-state index in [2.05, 4.69) is 9.97 Å². The van der Waals surface area contributed by atoms with E-state index in [1.165, 1.54) is 11.2 Å². The largest absolute Gasteiger partial charge is 0.480 e. The van der Waals surface area contributed by atoms with Gasteiger partial charge in [-0.05, 0) is 25.7 Å². The first-order valence-electron chi connectivity index (χ1n) is 6.86. The van der Waals surface area contributed by atoms with Crippen LogP contribution in [0.3, 0.4) is 0 Å². The van der Waals surface area contributed by atoms with E-state index in [1.807, 2.05) is 0 Å². The Kier molecular flexibility index (Phi) is 3.33. The smallest absolute Gasteiger partial charge is 0.411 e. The van der Waals surface area contributed by atoms with Gasteiger partial charge in [0.25, 0.3) is 0 Å². The minimum absolute atomic E-state index is 0.0693. The molecule has 2 heterocycles. The molecular weight excluding hydrogens is 262 g/mol. The van der Waals surface area contributed by atoms with Gasteiger partial charge in [0, 0.05) is 6.42 Å². The number of aliphatic carboxylic acids is 1. The zero-order valence-corrected chi connectivity index (χ0v) is 11.0. The Morgan fingerprint density at radius 1 is 1.40 bits per heavy atom. The van der Waals surface area contributed by atoms with Crippen LogP contribution in [0.15, 0.2) is 6.33 Å². The van der Waals surface area contributed by atoms with Crippen molar-refractivity contribution in [2.45, 2.75) is 50.8 Å². The van der Waals surface area contributed by atoms with Crippen LogP contribution in [0.4, 0.5) is 4.79 Å². The number of nitrogens with zero attached hydrogens (tertiary/aromatic N) is 2. The molecule has 7 heteroatoms. The number of imidazole rings is 1. The molecule has 1 aliphatic heterocycles. The third-order valence-corrected chi connectivity index (χ3v) is 3.99. The average Bonchev–Trinajstić information content (AvgIpc) is 3.06. The fraction of sp³-hybridized carbons (Fsp3) is 0.615. The van der Waals surface area contributed by atoms with Gasteiger partial charge >= 0.3 is 12.1 Å². The first-order valence-corrected chi connectivity index (χ1v) is 6.86. The third-order valence-electron chi connectivity index (χ3n) is 3.99. The maximum atomic E-state index is 12.2. The Labute approximate surface area is 115 Å². The minimum Gasteiger partial charge on any atom is -0.480 e. The zero-order chi connectivity index (χ0) is 14.1. The second-order valence-corrected chi connectivity index (χ2v) is 5.30. The third kappa shape index (κ3) is 2.35. The van der Waals surface area contributed by atoms with Crippen molar-refractivity contribution in [2.24, 2.45) is 0 Å². The number of nitrogens with one attached hydrogen (secondary N) is 1. The van der Waals surface area contributed by atoms with Crippen molar-refractivity contribution in [1.29, 1.82) is 0 Å². The standard InChI is InChI=1S/C13H17N3O4/c17-12(18)11-5-9-10(15-7-14-9)6-16(11)13(19)20-8-3-1-2-4-8/h7-8,11H,1-6H2,(H,14,15)(H,17,18)/t11-/m1/s1. The highest BCUT2D eigenvalue weighted by atomic mass is 16.6. The fourth-order valence-electron chi connectivity index (χ4n) is 2.86. The lowest BCUT2D eigenvalue weighted by molar-refractivity contribution is -0.143. The van der Waals surface area contributed by atoms with Crippen LogP contribution in [-0.4, -0.2) is 44.2 Å². The van der Waals surface area contributed by atoms with Gasteiger partial charge in [0.05, 0.1) is 24.3 Å². The van der Waals surface area contributed by atoms with Crippen molar-refractivity contribution in [1.82, 2.24) is 14.9 Å². The molecule has 1 aromatic heterocycles. The number of carbonyl (C=O) groups is 2. The molecular formula is C13H17N3O4. The number of hydrogen-bond donors (Lipinski definition) is 2. The van der Waals surface area contributed by atoms with Gasteiger partial charge in [0.15, 0.2) is 0 Å². The number of aromatic nitrogens is 2. The lowest BCUT2D eigenvalue weighted by Gasteiger charge is -2.32. The lowest BCUT2D eigenvalue weighted by Crippen LogP contribution is -2.49. The fourth-order valence-corrected chi connectivity index (χ4v) is 2.86. The number of carboxylic acid groups (broad SMARTS) is 1. The highest BCUT2D eigenvalue weighted by Gasteiger charge is 2.37. The van der Waals surface area contributed by atoms with Crippen LogP contribution in [0, 0.1) is 0 Å². The second-order valence-electron chi connectivity index (χ2n) is 5.30. The molecule has 7 nitrogen and oxygen atoms in total. The summed E-state index contributed by atoms with van der Waals surface area (Å²) in [5.41, 5.74) is 1.49. The highest BCUT2D eigenvalue weighted by Crippen LogP contribution is 2.25. The maximum absolute atomic E-state index is 12.2. The van der Waals surface area contributed by atoms with Crippen molar-refractivity contribution in [3.05, 3.63) is 17.7 Å². The van der Waals surface area contributed by atoms with E-state index in [4.69, 9.17) is 4.74 Å². The number of carboxylic acids is 1. The number of hydrogen-bond acceptors (Lipinski definition) is 4. The molecule has 1 aliphatic carbocycles. The molecule has 2 N–H and O–H groups in total. The maximum Gasteiger partial charge on any atom is 0.411 e. The number of carbonyl (C=O) groups excluding carboxylic acids is 1. The number of amides is 1. The van der Waals surface area contributed by atoms with Crippen LogP contribution in [0.1, 0.15) is 37.1 Å². The molecule has 0 bridgehead atoms. The molecule has 0 saturated heterocycles. The van der Waals surface area contributed by atoms with Gasteiger partial charge in [0.2, 0.25) is 0 Å². The molecule has 1 saturated carbocycles. The van der Waals surface area contributed by atoms with E-state index >= 15 is 0 Å². The molecule has 1 fully saturated rings. The topological polar surface area (TPSA) is 95.5 Å². The van der Waals surface area contributed by atoms with E-state index in [-0.39, 0.29) is 19.1 Å². The summed E-state index contributed by atoms with van der Waals surface area (Å²) < 4.78 is 5.41. The van der Waals surface area contributed by atoms with Gasteiger partial charge in [-0.3, -0.25) is 4.90 Å². The Balaban J connectivity index is 1.75. The summed E-state index contributed by atoms with van der Waals surface area (Å²) in [6.07, 6.45) is 4.99.